The standard InChI is InChI=1S/C26H26N4O2S/c1-18(2)19-9-11-21(12-10-19)27-24(31)17-33-26-29-28-25(20-7-5-4-6-8-20)30(26)22-13-15-23(32-3)16-14-22/h4-16,18H,17H2,1-3H3,(H,27,31). The van der Waals surface area contributed by atoms with Crippen LogP contribution in [0.2, 0.25) is 0 Å². The van der Waals surface area contributed by atoms with Crippen molar-refractivity contribution in [3.8, 4) is 22.8 Å². The van der Waals surface area contributed by atoms with Crippen LogP contribution in [0.25, 0.3) is 17.1 Å². The molecule has 1 heterocycles. The van der Waals surface area contributed by atoms with E-state index in [9.17, 15) is 4.79 Å². The molecule has 1 aromatic heterocycles. The molecule has 0 bridgehead atoms. The summed E-state index contributed by atoms with van der Waals surface area (Å²) in [6, 6.07) is 25.5. The summed E-state index contributed by atoms with van der Waals surface area (Å²) in [5.74, 6) is 2.06. The van der Waals surface area contributed by atoms with Gasteiger partial charge in [-0.3, -0.25) is 9.36 Å². The van der Waals surface area contributed by atoms with E-state index < -0.39 is 0 Å². The zero-order chi connectivity index (χ0) is 23.2. The Hall–Kier alpha value is -3.58. The third kappa shape index (κ3) is 5.43. The minimum absolute atomic E-state index is 0.0946. The molecule has 0 aliphatic heterocycles. The fraction of sp³-hybridized carbons (Fsp3) is 0.192. The van der Waals surface area contributed by atoms with Crippen LogP contribution < -0.4 is 10.1 Å². The third-order valence-electron chi connectivity index (χ3n) is 5.19. The highest BCUT2D eigenvalue weighted by atomic mass is 32.2. The van der Waals surface area contributed by atoms with Gasteiger partial charge in [0, 0.05) is 16.9 Å². The molecule has 0 fully saturated rings. The zero-order valence-corrected chi connectivity index (χ0v) is 19.7. The van der Waals surface area contributed by atoms with E-state index in [1.165, 1.54) is 17.3 Å². The summed E-state index contributed by atoms with van der Waals surface area (Å²) >= 11 is 1.35. The number of aromatic nitrogens is 3. The summed E-state index contributed by atoms with van der Waals surface area (Å²) in [5.41, 5.74) is 3.87. The van der Waals surface area contributed by atoms with Gasteiger partial charge in [0.1, 0.15) is 5.75 Å². The van der Waals surface area contributed by atoms with E-state index >= 15 is 0 Å². The van der Waals surface area contributed by atoms with Gasteiger partial charge in [0.25, 0.3) is 0 Å². The van der Waals surface area contributed by atoms with Crippen molar-refractivity contribution in [1.82, 2.24) is 14.8 Å². The van der Waals surface area contributed by atoms with Crippen LogP contribution in [0.15, 0.2) is 84.0 Å². The number of amides is 1. The van der Waals surface area contributed by atoms with Crippen LogP contribution in [0.5, 0.6) is 5.75 Å². The third-order valence-corrected chi connectivity index (χ3v) is 6.12. The molecule has 7 heteroatoms. The van der Waals surface area contributed by atoms with Crippen molar-refractivity contribution in [3.05, 3.63) is 84.4 Å². The number of hydrogen-bond donors (Lipinski definition) is 1. The molecular weight excluding hydrogens is 432 g/mol. The molecule has 0 atom stereocenters. The SMILES string of the molecule is COc1ccc(-n2c(SCC(=O)Nc3ccc(C(C)C)cc3)nnc2-c2ccccc2)cc1. The molecule has 168 valence electrons. The van der Waals surface area contributed by atoms with Crippen LogP contribution in [0.4, 0.5) is 5.69 Å². The van der Waals surface area contributed by atoms with E-state index in [-0.39, 0.29) is 11.7 Å². The molecule has 0 aliphatic carbocycles. The summed E-state index contributed by atoms with van der Waals surface area (Å²) in [6.45, 7) is 4.29. The number of nitrogens with zero attached hydrogens (tertiary/aromatic N) is 3. The predicted octanol–water partition coefficient (Wildman–Crippen LogP) is 5.80. The molecule has 0 aliphatic rings. The summed E-state index contributed by atoms with van der Waals surface area (Å²) in [6.07, 6.45) is 0. The molecule has 6 nitrogen and oxygen atoms in total. The van der Waals surface area contributed by atoms with Crippen molar-refractivity contribution in [2.24, 2.45) is 0 Å². The van der Waals surface area contributed by atoms with Gasteiger partial charge < -0.3 is 10.1 Å². The molecule has 1 N–H and O–H groups in total. The molecule has 1 amide bonds. The van der Waals surface area contributed by atoms with Crippen LogP contribution >= 0.6 is 11.8 Å². The smallest absolute Gasteiger partial charge is 0.234 e. The first-order valence-corrected chi connectivity index (χ1v) is 11.7. The molecule has 0 radical (unpaired) electrons. The Balaban J connectivity index is 1.54. The van der Waals surface area contributed by atoms with Gasteiger partial charge >= 0.3 is 0 Å². The first-order valence-electron chi connectivity index (χ1n) is 10.7. The molecule has 0 unspecified atom stereocenters. The van der Waals surface area contributed by atoms with Gasteiger partial charge in [-0.1, -0.05) is 68.1 Å². The molecule has 0 saturated carbocycles. The molecule has 3 aromatic carbocycles. The topological polar surface area (TPSA) is 69.0 Å². The van der Waals surface area contributed by atoms with Crippen LogP contribution in [0, 0.1) is 0 Å². The van der Waals surface area contributed by atoms with Gasteiger partial charge in [0.05, 0.1) is 12.9 Å². The van der Waals surface area contributed by atoms with Gasteiger partial charge in [-0.05, 0) is 47.9 Å². The Morgan fingerprint density at radius 1 is 0.970 bits per heavy atom. The lowest BCUT2D eigenvalue weighted by molar-refractivity contribution is -0.113. The Kier molecular flexibility index (Phi) is 7.10. The van der Waals surface area contributed by atoms with Crippen molar-refractivity contribution in [2.75, 3.05) is 18.2 Å². The number of thioether (sulfide) groups is 1. The maximum Gasteiger partial charge on any atom is 0.234 e. The van der Waals surface area contributed by atoms with Crippen LogP contribution in [0.1, 0.15) is 25.3 Å². The lowest BCUT2D eigenvalue weighted by atomic mass is 10.0. The first-order chi connectivity index (χ1) is 16.0. The number of anilines is 1. The Morgan fingerprint density at radius 2 is 1.67 bits per heavy atom. The van der Waals surface area contributed by atoms with E-state index in [2.05, 4.69) is 29.4 Å². The number of hydrogen-bond acceptors (Lipinski definition) is 5. The number of carbonyl (C=O) groups is 1. The van der Waals surface area contributed by atoms with Crippen LogP contribution in [0.3, 0.4) is 0 Å². The maximum absolute atomic E-state index is 12.6. The van der Waals surface area contributed by atoms with Gasteiger partial charge in [0.2, 0.25) is 5.91 Å². The minimum Gasteiger partial charge on any atom is -0.497 e. The van der Waals surface area contributed by atoms with Crippen molar-refractivity contribution >= 4 is 23.4 Å². The number of methoxy groups -OCH3 is 1. The molecule has 4 aromatic rings. The fourth-order valence-electron chi connectivity index (χ4n) is 3.38. The normalized spacial score (nSPS) is 10.9. The lowest BCUT2D eigenvalue weighted by Gasteiger charge is -2.11. The quantitative estimate of drug-likeness (QED) is 0.338. The van der Waals surface area contributed by atoms with E-state index in [1.54, 1.807) is 7.11 Å². The highest BCUT2D eigenvalue weighted by Crippen LogP contribution is 2.29. The number of ether oxygens (including phenoxy) is 1. The van der Waals surface area contributed by atoms with Gasteiger partial charge in [-0.25, -0.2) is 0 Å². The minimum atomic E-state index is -0.0946. The number of benzene rings is 3. The summed E-state index contributed by atoms with van der Waals surface area (Å²) in [7, 11) is 1.64. The van der Waals surface area contributed by atoms with E-state index in [4.69, 9.17) is 4.74 Å². The van der Waals surface area contributed by atoms with Gasteiger partial charge in [-0.2, -0.15) is 0 Å². The summed E-state index contributed by atoms with van der Waals surface area (Å²) < 4.78 is 7.25. The largest absolute Gasteiger partial charge is 0.497 e. The number of rotatable bonds is 8. The second kappa shape index (κ2) is 10.4. The molecule has 4 rings (SSSR count). The predicted molar refractivity (Wildman–Crippen MR) is 133 cm³/mol. The van der Waals surface area contributed by atoms with Crippen molar-refractivity contribution in [2.45, 2.75) is 24.9 Å². The highest BCUT2D eigenvalue weighted by Gasteiger charge is 2.17. The summed E-state index contributed by atoms with van der Waals surface area (Å²) in [4.78, 5) is 12.6. The van der Waals surface area contributed by atoms with E-state index in [0.29, 0.717) is 16.9 Å². The van der Waals surface area contributed by atoms with E-state index in [0.717, 1.165) is 22.7 Å². The van der Waals surface area contributed by atoms with Crippen LogP contribution in [-0.2, 0) is 4.79 Å². The van der Waals surface area contributed by atoms with E-state index in [1.807, 2.05) is 83.4 Å². The zero-order valence-electron chi connectivity index (χ0n) is 18.9. The fourth-order valence-corrected chi connectivity index (χ4v) is 4.13. The number of nitrogens with one attached hydrogen (secondary N) is 1. The average Bonchev–Trinajstić information content (AvgIpc) is 3.27. The maximum atomic E-state index is 12.6. The molecule has 0 saturated heterocycles. The van der Waals surface area contributed by atoms with Crippen molar-refractivity contribution < 1.29 is 9.53 Å². The van der Waals surface area contributed by atoms with Crippen molar-refractivity contribution in [3.63, 3.8) is 0 Å². The van der Waals surface area contributed by atoms with Crippen LogP contribution in [-0.4, -0.2) is 33.5 Å². The Bertz CT molecular complexity index is 1200. The second-order valence-electron chi connectivity index (χ2n) is 7.82. The molecular formula is C26H26N4O2S. The Labute approximate surface area is 198 Å². The average molecular weight is 459 g/mol. The summed E-state index contributed by atoms with van der Waals surface area (Å²) in [5, 5.41) is 12.4. The Morgan fingerprint density at radius 3 is 2.30 bits per heavy atom. The van der Waals surface area contributed by atoms with Gasteiger partial charge in [0.15, 0.2) is 11.0 Å². The second-order valence-corrected chi connectivity index (χ2v) is 8.76. The highest BCUT2D eigenvalue weighted by molar-refractivity contribution is 7.99. The first kappa shape index (κ1) is 22.6. The molecule has 0 spiro atoms. The lowest BCUT2D eigenvalue weighted by Crippen LogP contribution is -2.14. The molecule has 33 heavy (non-hydrogen) atoms. The van der Waals surface area contributed by atoms with Crippen molar-refractivity contribution in [1.29, 1.82) is 0 Å². The monoisotopic (exact) mass is 458 g/mol. The number of carbonyl (C=O) groups excluding carboxylic acids is 1. The van der Waals surface area contributed by atoms with Gasteiger partial charge in [-0.15, -0.1) is 10.2 Å².